The molecule has 0 rings (SSSR count). The molecule has 0 heterocycles. The lowest BCUT2D eigenvalue weighted by molar-refractivity contribution is -0.0299. The van der Waals surface area contributed by atoms with Crippen molar-refractivity contribution in [2.45, 2.75) is 33.0 Å². The summed E-state index contributed by atoms with van der Waals surface area (Å²) in [5.41, 5.74) is 0. The van der Waals surface area contributed by atoms with E-state index in [1.807, 2.05) is 13.8 Å². The van der Waals surface area contributed by atoms with Crippen molar-refractivity contribution in [3.8, 4) is 0 Å². The van der Waals surface area contributed by atoms with E-state index in [4.69, 9.17) is 9.84 Å². The van der Waals surface area contributed by atoms with E-state index in [1.165, 1.54) is 4.31 Å². The molecule has 0 radical (unpaired) electrons. The van der Waals surface area contributed by atoms with Crippen LogP contribution in [0.1, 0.15) is 20.8 Å². The Bertz CT molecular complexity index is 263. The largest absolute Gasteiger partial charge is 0.394 e. The summed E-state index contributed by atoms with van der Waals surface area (Å²) in [7, 11) is -3.21. The SMILES string of the molecule is CCN(CC(CO)OC(C)C)S(C)(=O)=O. The van der Waals surface area contributed by atoms with Gasteiger partial charge in [0.25, 0.3) is 0 Å². The second-order valence-corrected chi connectivity index (χ2v) is 5.69. The average Bonchev–Trinajstić information content (AvgIpc) is 2.09. The van der Waals surface area contributed by atoms with Gasteiger partial charge in [-0.25, -0.2) is 8.42 Å². The number of sulfonamides is 1. The highest BCUT2D eigenvalue weighted by molar-refractivity contribution is 7.88. The summed E-state index contributed by atoms with van der Waals surface area (Å²) in [6, 6.07) is 0. The molecule has 92 valence electrons. The maximum absolute atomic E-state index is 11.3. The molecule has 0 amide bonds. The van der Waals surface area contributed by atoms with Crippen molar-refractivity contribution in [2.24, 2.45) is 0 Å². The molecule has 1 N–H and O–H groups in total. The zero-order valence-electron chi connectivity index (χ0n) is 9.80. The number of hydrogen-bond donors (Lipinski definition) is 1. The van der Waals surface area contributed by atoms with Gasteiger partial charge < -0.3 is 9.84 Å². The predicted molar refractivity (Wildman–Crippen MR) is 59.2 cm³/mol. The minimum absolute atomic E-state index is 0.0274. The van der Waals surface area contributed by atoms with Crippen LogP contribution in [-0.4, -0.2) is 56.0 Å². The van der Waals surface area contributed by atoms with E-state index in [0.717, 1.165) is 6.26 Å². The van der Waals surface area contributed by atoms with Crippen LogP contribution in [0.4, 0.5) is 0 Å². The highest BCUT2D eigenvalue weighted by atomic mass is 32.2. The van der Waals surface area contributed by atoms with Crippen LogP contribution in [0.15, 0.2) is 0 Å². The third-order valence-electron chi connectivity index (χ3n) is 1.90. The zero-order valence-corrected chi connectivity index (χ0v) is 10.6. The topological polar surface area (TPSA) is 66.8 Å². The first-order chi connectivity index (χ1) is 6.81. The monoisotopic (exact) mass is 239 g/mol. The Morgan fingerprint density at radius 3 is 2.20 bits per heavy atom. The Labute approximate surface area is 92.1 Å². The highest BCUT2D eigenvalue weighted by Crippen LogP contribution is 2.04. The Kier molecular flexibility index (Phi) is 6.35. The Hall–Kier alpha value is -0.170. The molecule has 15 heavy (non-hydrogen) atoms. The molecule has 0 aromatic rings. The van der Waals surface area contributed by atoms with E-state index in [0.29, 0.717) is 6.54 Å². The van der Waals surface area contributed by atoms with Crippen LogP contribution in [0, 0.1) is 0 Å². The lowest BCUT2D eigenvalue weighted by Gasteiger charge is -2.24. The standard InChI is InChI=1S/C9H21NO4S/c1-5-10(15(4,12)13)6-9(7-11)14-8(2)3/h8-9,11H,5-7H2,1-4H3. The molecule has 0 aliphatic carbocycles. The molecule has 1 atom stereocenters. The molecule has 5 nitrogen and oxygen atoms in total. The molecule has 0 fully saturated rings. The van der Waals surface area contributed by atoms with Crippen molar-refractivity contribution in [3.05, 3.63) is 0 Å². The number of hydrogen-bond acceptors (Lipinski definition) is 4. The maximum Gasteiger partial charge on any atom is 0.211 e. The van der Waals surface area contributed by atoms with E-state index in [9.17, 15) is 8.42 Å². The second kappa shape index (κ2) is 6.42. The quantitative estimate of drug-likeness (QED) is 0.682. The molecule has 0 aliphatic rings. The first kappa shape index (κ1) is 14.8. The number of nitrogens with zero attached hydrogens (tertiary/aromatic N) is 1. The van der Waals surface area contributed by atoms with Gasteiger partial charge in [-0.3, -0.25) is 0 Å². The van der Waals surface area contributed by atoms with Crippen molar-refractivity contribution in [2.75, 3.05) is 26.0 Å². The number of aliphatic hydroxyl groups is 1. The lowest BCUT2D eigenvalue weighted by atomic mass is 10.3. The van der Waals surface area contributed by atoms with Gasteiger partial charge in [-0.15, -0.1) is 0 Å². The average molecular weight is 239 g/mol. The highest BCUT2D eigenvalue weighted by Gasteiger charge is 2.20. The van der Waals surface area contributed by atoms with Crippen molar-refractivity contribution in [1.82, 2.24) is 4.31 Å². The molecular weight excluding hydrogens is 218 g/mol. The minimum atomic E-state index is -3.21. The molecule has 0 bridgehead atoms. The van der Waals surface area contributed by atoms with Crippen LogP contribution in [-0.2, 0) is 14.8 Å². The van der Waals surface area contributed by atoms with Crippen LogP contribution in [0.3, 0.4) is 0 Å². The fraction of sp³-hybridized carbons (Fsp3) is 1.00. The molecule has 0 aromatic carbocycles. The molecule has 0 aromatic heterocycles. The van der Waals surface area contributed by atoms with Gasteiger partial charge in [0.2, 0.25) is 10.0 Å². The van der Waals surface area contributed by atoms with Crippen LogP contribution in [0.2, 0.25) is 0 Å². The number of aliphatic hydroxyl groups excluding tert-OH is 1. The summed E-state index contributed by atoms with van der Waals surface area (Å²) >= 11 is 0. The van der Waals surface area contributed by atoms with Gasteiger partial charge in [0, 0.05) is 13.1 Å². The normalized spacial score (nSPS) is 14.9. The molecule has 0 saturated heterocycles. The van der Waals surface area contributed by atoms with Crippen LogP contribution >= 0.6 is 0 Å². The first-order valence-electron chi connectivity index (χ1n) is 5.02. The molecule has 0 spiro atoms. The summed E-state index contributed by atoms with van der Waals surface area (Å²) in [4.78, 5) is 0. The molecule has 0 aliphatic heterocycles. The van der Waals surface area contributed by atoms with Gasteiger partial charge in [-0.2, -0.15) is 4.31 Å². The van der Waals surface area contributed by atoms with Crippen LogP contribution < -0.4 is 0 Å². The number of ether oxygens (including phenoxy) is 1. The Balaban J connectivity index is 4.38. The van der Waals surface area contributed by atoms with Crippen molar-refractivity contribution in [1.29, 1.82) is 0 Å². The number of likely N-dealkylation sites (N-methyl/N-ethyl adjacent to an activating group) is 1. The summed E-state index contributed by atoms with van der Waals surface area (Å²) < 4.78 is 29.2. The van der Waals surface area contributed by atoms with Crippen molar-refractivity contribution >= 4 is 10.0 Å². The van der Waals surface area contributed by atoms with Gasteiger partial charge in [-0.1, -0.05) is 6.92 Å². The molecular formula is C9H21NO4S. The third kappa shape index (κ3) is 6.09. The third-order valence-corrected chi connectivity index (χ3v) is 3.24. The number of rotatable bonds is 7. The van der Waals surface area contributed by atoms with Crippen molar-refractivity contribution < 1.29 is 18.3 Å². The Morgan fingerprint density at radius 2 is 1.93 bits per heavy atom. The summed E-state index contributed by atoms with van der Waals surface area (Å²) in [5.74, 6) is 0. The van der Waals surface area contributed by atoms with E-state index >= 15 is 0 Å². The van der Waals surface area contributed by atoms with Gasteiger partial charge in [0.05, 0.1) is 25.1 Å². The molecule has 0 saturated carbocycles. The lowest BCUT2D eigenvalue weighted by Crippen LogP contribution is -2.40. The van der Waals surface area contributed by atoms with E-state index in [1.54, 1.807) is 6.92 Å². The molecule has 6 heteroatoms. The van der Waals surface area contributed by atoms with E-state index < -0.39 is 16.1 Å². The predicted octanol–water partition coefficient (Wildman–Crippen LogP) is 0.0538. The maximum atomic E-state index is 11.3. The van der Waals surface area contributed by atoms with Crippen LogP contribution in [0.5, 0.6) is 0 Å². The second-order valence-electron chi connectivity index (χ2n) is 3.70. The van der Waals surface area contributed by atoms with Crippen molar-refractivity contribution in [3.63, 3.8) is 0 Å². The Morgan fingerprint density at radius 1 is 1.40 bits per heavy atom. The van der Waals surface area contributed by atoms with Gasteiger partial charge in [0.15, 0.2) is 0 Å². The van der Waals surface area contributed by atoms with Gasteiger partial charge in [-0.05, 0) is 13.8 Å². The van der Waals surface area contributed by atoms with E-state index in [2.05, 4.69) is 0 Å². The van der Waals surface area contributed by atoms with Gasteiger partial charge in [0.1, 0.15) is 0 Å². The summed E-state index contributed by atoms with van der Waals surface area (Å²) in [6.45, 7) is 5.86. The summed E-state index contributed by atoms with van der Waals surface area (Å²) in [5, 5.41) is 9.04. The van der Waals surface area contributed by atoms with Gasteiger partial charge >= 0.3 is 0 Å². The molecule has 1 unspecified atom stereocenters. The van der Waals surface area contributed by atoms with Crippen LogP contribution in [0.25, 0.3) is 0 Å². The smallest absolute Gasteiger partial charge is 0.211 e. The summed E-state index contributed by atoms with van der Waals surface area (Å²) in [6.07, 6.45) is 0.667. The zero-order chi connectivity index (χ0) is 12.1. The minimum Gasteiger partial charge on any atom is -0.394 e. The first-order valence-corrected chi connectivity index (χ1v) is 6.87. The fourth-order valence-electron chi connectivity index (χ4n) is 1.25. The van der Waals surface area contributed by atoms with E-state index in [-0.39, 0.29) is 19.3 Å². The fourth-order valence-corrected chi connectivity index (χ4v) is 2.16.